The second-order valence-electron chi connectivity index (χ2n) is 7.60. The first-order valence-corrected chi connectivity index (χ1v) is 12.0. The second kappa shape index (κ2) is 11.0. The van der Waals surface area contributed by atoms with Crippen LogP contribution in [0.25, 0.3) is 0 Å². The number of aryl methyl sites for hydroxylation is 2. The summed E-state index contributed by atoms with van der Waals surface area (Å²) in [5, 5.41) is 2.79. The summed E-state index contributed by atoms with van der Waals surface area (Å²) in [6.07, 6.45) is 1.47. The van der Waals surface area contributed by atoms with Gasteiger partial charge in [-0.05, 0) is 73.9 Å². The molecule has 8 heteroatoms. The topological polar surface area (TPSA) is 75.7 Å². The smallest absolute Gasteiger partial charge is 0.264 e. The zero-order valence-electron chi connectivity index (χ0n) is 18.6. The molecule has 0 fully saturated rings. The van der Waals surface area contributed by atoms with Gasteiger partial charge in [-0.3, -0.25) is 9.10 Å². The first-order valence-electron chi connectivity index (χ1n) is 10.5. The van der Waals surface area contributed by atoms with Gasteiger partial charge in [0.1, 0.15) is 18.1 Å². The molecular weight excluding hydrogens is 443 g/mol. The Bertz CT molecular complexity index is 1160. The van der Waals surface area contributed by atoms with Crippen molar-refractivity contribution in [2.24, 2.45) is 0 Å². The summed E-state index contributed by atoms with van der Waals surface area (Å²) < 4.78 is 46.0. The number of methoxy groups -OCH3 is 1. The summed E-state index contributed by atoms with van der Waals surface area (Å²) >= 11 is 0. The standard InChI is InChI=1S/C25H27FN2O4S/c1-19-5-11-22(12-6-19)28(33(30,31)24-15-9-21(26)10-16-24)18-25(29)27-17-3-4-20-7-13-23(32-2)14-8-20/h5-16H,3-4,17-18H2,1-2H3,(H,27,29). The van der Waals surface area contributed by atoms with Gasteiger partial charge in [0.15, 0.2) is 0 Å². The van der Waals surface area contributed by atoms with Crippen molar-refractivity contribution in [2.45, 2.75) is 24.7 Å². The van der Waals surface area contributed by atoms with Gasteiger partial charge in [-0.2, -0.15) is 0 Å². The highest BCUT2D eigenvalue weighted by Crippen LogP contribution is 2.24. The number of hydrogen-bond acceptors (Lipinski definition) is 4. The summed E-state index contributed by atoms with van der Waals surface area (Å²) in [5.41, 5.74) is 2.43. The van der Waals surface area contributed by atoms with E-state index in [1.807, 2.05) is 31.2 Å². The van der Waals surface area contributed by atoms with Crippen LogP contribution in [-0.4, -0.2) is 34.5 Å². The number of ether oxygens (including phenoxy) is 1. The maximum atomic E-state index is 13.3. The SMILES string of the molecule is COc1ccc(CCCNC(=O)CN(c2ccc(C)cc2)S(=O)(=O)c2ccc(F)cc2)cc1. The lowest BCUT2D eigenvalue weighted by Gasteiger charge is -2.24. The molecule has 174 valence electrons. The van der Waals surface area contributed by atoms with Crippen molar-refractivity contribution >= 4 is 21.6 Å². The van der Waals surface area contributed by atoms with Gasteiger partial charge < -0.3 is 10.1 Å². The number of carbonyl (C=O) groups excluding carboxylic acids is 1. The second-order valence-corrected chi connectivity index (χ2v) is 9.47. The summed E-state index contributed by atoms with van der Waals surface area (Å²) in [6.45, 7) is 1.91. The number of benzene rings is 3. The van der Waals surface area contributed by atoms with Crippen LogP contribution in [0.4, 0.5) is 10.1 Å². The Morgan fingerprint density at radius 2 is 1.61 bits per heavy atom. The van der Waals surface area contributed by atoms with Crippen molar-refractivity contribution in [3.05, 3.63) is 89.7 Å². The molecule has 6 nitrogen and oxygen atoms in total. The van der Waals surface area contributed by atoms with Gasteiger partial charge in [-0.15, -0.1) is 0 Å². The number of carbonyl (C=O) groups is 1. The Kier molecular flexibility index (Phi) is 8.06. The molecule has 3 aromatic carbocycles. The minimum Gasteiger partial charge on any atom is -0.497 e. The van der Waals surface area contributed by atoms with Crippen LogP contribution in [0.1, 0.15) is 17.5 Å². The highest BCUT2D eigenvalue weighted by Gasteiger charge is 2.27. The zero-order valence-corrected chi connectivity index (χ0v) is 19.4. The van der Waals surface area contributed by atoms with Crippen LogP contribution >= 0.6 is 0 Å². The molecule has 0 aliphatic rings. The summed E-state index contributed by atoms with van der Waals surface area (Å²) in [5.74, 6) is -0.174. The van der Waals surface area contributed by atoms with E-state index in [2.05, 4.69) is 5.32 Å². The molecule has 0 bridgehead atoms. The van der Waals surface area contributed by atoms with E-state index in [1.54, 1.807) is 31.4 Å². The van der Waals surface area contributed by atoms with Gasteiger partial charge in [0.2, 0.25) is 5.91 Å². The number of nitrogens with one attached hydrogen (secondary N) is 1. The number of sulfonamides is 1. The minimum absolute atomic E-state index is 0.0863. The largest absolute Gasteiger partial charge is 0.497 e. The van der Waals surface area contributed by atoms with Crippen LogP contribution < -0.4 is 14.4 Å². The summed E-state index contributed by atoms with van der Waals surface area (Å²) in [4.78, 5) is 12.5. The van der Waals surface area contributed by atoms with Crippen LogP contribution in [0.2, 0.25) is 0 Å². The van der Waals surface area contributed by atoms with E-state index < -0.39 is 21.7 Å². The van der Waals surface area contributed by atoms with Gasteiger partial charge in [0, 0.05) is 6.54 Å². The van der Waals surface area contributed by atoms with Crippen LogP contribution in [0.15, 0.2) is 77.7 Å². The quantitative estimate of drug-likeness (QED) is 0.453. The zero-order chi connectivity index (χ0) is 23.8. The summed E-state index contributed by atoms with van der Waals surface area (Å²) in [6, 6.07) is 19.1. The van der Waals surface area contributed by atoms with Crippen molar-refractivity contribution in [2.75, 3.05) is 24.5 Å². The Morgan fingerprint density at radius 1 is 0.970 bits per heavy atom. The molecule has 3 rings (SSSR count). The number of nitrogens with zero attached hydrogens (tertiary/aromatic N) is 1. The lowest BCUT2D eigenvalue weighted by atomic mass is 10.1. The molecule has 0 radical (unpaired) electrons. The molecule has 1 N–H and O–H groups in total. The molecule has 0 aromatic heterocycles. The van der Waals surface area contributed by atoms with E-state index in [-0.39, 0.29) is 11.4 Å². The average Bonchev–Trinajstić information content (AvgIpc) is 2.81. The molecule has 0 unspecified atom stereocenters. The average molecular weight is 471 g/mol. The third-order valence-corrected chi connectivity index (χ3v) is 6.92. The highest BCUT2D eigenvalue weighted by atomic mass is 32.2. The Balaban J connectivity index is 1.67. The minimum atomic E-state index is -4.07. The van der Waals surface area contributed by atoms with Crippen LogP contribution in [0.3, 0.4) is 0 Å². The Morgan fingerprint density at radius 3 is 2.21 bits per heavy atom. The predicted octanol–water partition coefficient (Wildman–Crippen LogP) is 4.09. The lowest BCUT2D eigenvalue weighted by Crippen LogP contribution is -2.41. The number of hydrogen-bond donors (Lipinski definition) is 1. The van der Waals surface area contributed by atoms with E-state index >= 15 is 0 Å². The fraction of sp³-hybridized carbons (Fsp3) is 0.240. The number of halogens is 1. The van der Waals surface area contributed by atoms with Gasteiger partial charge in [0.25, 0.3) is 10.0 Å². The molecule has 0 heterocycles. The van der Waals surface area contributed by atoms with E-state index in [0.717, 1.165) is 39.7 Å². The molecule has 33 heavy (non-hydrogen) atoms. The molecule has 0 aliphatic carbocycles. The van der Waals surface area contributed by atoms with E-state index in [9.17, 15) is 17.6 Å². The third kappa shape index (κ3) is 6.55. The lowest BCUT2D eigenvalue weighted by molar-refractivity contribution is -0.119. The van der Waals surface area contributed by atoms with Crippen molar-refractivity contribution in [1.82, 2.24) is 5.32 Å². The Labute approximate surface area is 194 Å². The molecule has 0 saturated heterocycles. The van der Waals surface area contributed by atoms with E-state index in [0.29, 0.717) is 18.7 Å². The molecule has 0 atom stereocenters. The van der Waals surface area contributed by atoms with Gasteiger partial charge in [-0.25, -0.2) is 12.8 Å². The van der Waals surface area contributed by atoms with Crippen molar-refractivity contribution in [3.63, 3.8) is 0 Å². The number of amides is 1. The highest BCUT2D eigenvalue weighted by molar-refractivity contribution is 7.92. The van der Waals surface area contributed by atoms with Crippen molar-refractivity contribution in [1.29, 1.82) is 0 Å². The first-order chi connectivity index (χ1) is 15.8. The fourth-order valence-electron chi connectivity index (χ4n) is 3.26. The van der Waals surface area contributed by atoms with Gasteiger partial charge >= 0.3 is 0 Å². The Hall–Kier alpha value is -3.39. The maximum Gasteiger partial charge on any atom is 0.264 e. The third-order valence-electron chi connectivity index (χ3n) is 5.13. The van der Waals surface area contributed by atoms with Crippen LogP contribution in [0, 0.1) is 12.7 Å². The first kappa shape index (κ1) is 24.3. The fourth-order valence-corrected chi connectivity index (χ4v) is 4.68. The van der Waals surface area contributed by atoms with Crippen LogP contribution in [-0.2, 0) is 21.2 Å². The van der Waals surface area contributed by atoms with Gasteiger partial charge in [0.05, 0.1) is 17.7 Å². The summed E-state index contributed by atoms with van der Waals surface area (Å²) in [7, 11) is -2.45. The maximum absolute atomic E-state index is 13.3. The molecule has 0 aliphatic heterocycles. The molecule has 1 amide bonds. The molecule has 0 saturated carbocycles. The predicted molar refractivity (Wildman–Crippen MR) is 126 cm³/mol. The number of rotatable bonds is 10. The molecular formula is C25H27FN2O4S. The van der Waals surface area contributed by atoms with Gasteiger partial charge in [-0.1, -0.05) is 29.8 Å². The monoisotopic (exact) mass is 470 g/mol. The van der Waals surface area contributed by atoms with Crippen molar-refractivity contribution < 1.29 is 22.3 Å². The molecule has 3 aromatic rings. The van der Waals surface area contributed by atoms with E-state index in [4.69, 9.17) is 4.74 Å². The van der Waals surface area contributed by atoms with E-state index in [1.165, 1.54) is 12.1 Å². The molecule has 0 spiro atoms. The normalized spacial score (nSPS) is 11.1. The van der Waals surface area contributed by atoms with Crippen molar-refractivity contribution in [3.8, 4) is 5.75 Å². The van der Waals surface area contributed by atoms with Crippen LogP contribution in [0.5, 0.6) is 5.75 Å². The number of anilines is 1.